The van der Waals surface area contributed by atoms with Crippen LogP contribution in [-0.4, -0.2) is 63.4 Å². The van der Waals surface area contributed by atoms with Crippen molar-refractivity contribution in [3.63, 3.8) is 0 Å². The van der Waals surface area contributed by atoms with Gasteiger partial charge in [0.15, 0.2) is 0 Å². The predicted octanol–water partition coefficient (Wildman–Crippen LogP) is 1.28. The Morgan fingerprint density at radius 2 is 2.25 bits per heavy atom. The SMILES string of the molecule is CCOC(=O)C(CC)N1CCCC(CNCCOC)C1. The summed E-state index contributed by atoms with van der Waals surface area (Å²) in [4.78, 5) is 14.3. The molecule has 1 N–H and O–H groups in total. The normalized spacial score (nSPS) is 21.6. The number of nitrogens with one attached hydrogen (secondary N) is 1. The first-order valence-corrected chi connectivity index (χ1v) is 7.83. The van der Waals surface area contributed by atoms with Crippen molar-refractivity contribution in [2.45, 2.75) is 39.2 Å². The van der Waals surface area contributed by atoms with Crippen molar-refractivity contribution in [2.24, 2.45) is 5.92 Å². The zero-order valence-corrected chi connectivity index (χ0v) is 13.2. The molecule has 0 aromatic heterocycles. The van der Waals surface area contributed by atoms with E-state index in [1.807, 2.05) is 6.92 Å². The number of hydrogen-bond donors (Lipinski definition) is 1. The van der Waals surface area contributed by atoms with E-state index in [4.69, 9.17) is 9.47 Å². The molecule has 118 valence electrons. The van der Waals surface area contributed by atoms with Crippen LogP contribution in [0.2, 0.25) is 0 Å². The lowest BCUT2D eigenvalue weighted by Crippen LogP contribution is -2.48. The number of nitrogens with zero attached hydrogens (tertiary/aromatic N) is 1. The van der Waals surface area contributed by atoms with Crippen LogP contribution in [0.25, 0.3) is 0 Å². The molecule has 0 bridgehead atoms. The van der Waals surface area contributed by atoms with Gasteiger partial charge < -0.3 is 14.8 Å². The highest BCUT2D eigenvalue weighted by molar-refractivity contribution is 5.75. The summed E-state index contributed by atoms with van der Waals surface area (Å²) in [7, 11) is 1.72. The minimum Gasteiger partial charge on any atom is -0.465 e. The monoisotopic (exact) mass is 286 g/mol. The van der Waals surface area contributed by atoms with Gasteiger partial charge >= 0.3 is 5.97 Å². The number of likely N-dealkylation sites (tertiary alicyclic amines) is 1. The zero-order valence-electron chi connectivity index (χ0n) is 13.2. The molecule has 0 saturated carbocycles. The molecular weight excluding hydrogens is 256 g/mol. The molecule has 5 heteroatoms. The predicted molar refractivity (Wildman–Crippen MR) is 79.8 cm³/mol. The summed E-state index contributed by atoms with van der Waals surface area (Å²) in [6, 6.07) is -0.0725. The van der Waals surface area contributed by atoms with E-state index >= 15 is 0 Å². The van der Waals surface area contributed by atoms with Crippen LogP contribution in [-0.2, 0) is 14.3 Å². The molecular formula is C15H30N2O3. The average Bonchev–Trinajstić information content (AvgIpc) is 2.45. The van der Waals surface area contributed by atoms with Crippen molar-refractivity contribution in [3.05, 3.63) is 0 Å². The largest absolute Gasteiger partial charge is 0.465 e. The Bertz CT molecular complexity index is 274. The maximum atomic E-state index is 12.0. The molecule has 0 aromatic carbocycles. The van der Waals surface area contributed by atoms with Crippen molar-refractivity contribution < 1.29 is 14.3 Å². The number of methoxy groups -OCH3 is 1. The molecule has 1 aliphatic heterocycles. The van der Waals surface area contributed by atoms with Gasteiger partial charge in [0.05, 0.1) is 13.2 Å². The second-order valence-corrected chi connectivity index (χ2v) is 5.38. The fraction of sp³-hybridized carbons (Fsp3) is 0.933. The van der Waals surface area contributed by atoms with E-state index in [9.17, 15) is 4.79 Å². The van der Waals surface area contributed by atoms with E-state index in [0.717, 1.165) is 45.6 Å². The highest BCUT2D eigenvalue weighted by Gasteiger charge is 2.29. The van der Waals surface area contributed by atoms with E-state index in [1.54, 1.807) is 7.11 Å². The van der Waals surface area contributed by atoms with Gasteiger partial charge in [0.2, 0.25) is 0 Å². The molecule has 20 heavy (non-hydrogen) atoms. The van der Waals surface area contributed by atoms with Gasteiger partial charge in [-0.1, -0.05) is 6.92 Å². The first-order chi connectivity index (χ1) is 9.72. The first kappa shape index (κ1) is 17.4. The highest BCUT2D eigenvalue weighted by atomic mass is 16.5. The van der Waals surface area contributed by atoms with Crippen LogP contribution < -0.4 is 5.32 Å². The van der Waals surface area contributed by atoms with Gasteiger partial charge in [0.25, 0.3) is 0 Å². The fourth-order valence-electron chi connectivity index (χ4n) is 2.84. The van der Waals surface area contributed by atoms with Gasteiger partial charge in [-0.15, -0.1) is 0 Å². The average molecular weight is 286 g/mol. The van der Waals surface area contributed by atoms with Gasteiger partial charge in [-0.25, -0.2) is 0 Å². The Morgan fingerprint density at radius 1 is 1.45 bits per heavy atom. The van der Waals surface area contributed by atoms with E-state index in [1.165, 1.54) is 6.42 Å². The maximum absolute atomic E-state index is 12.0. The summed E-state index contributed by atoms with van der Waals surface area (Å²) in [5.74, 6) is 0.548. The molecule has 2 atom stereocenters. The molecule has 0 spiro atoms. The van der Waals surface area contributed by atoms with Gasteiger partial charge in [-0.2, -0.15) is 0 Å². The van der Waals surface area contributed by atoms with Crippen molar-refractivity contribution >= 4 is 5.97 Å². The van der Waals surface area contributed by atoms with Crippen LogP contribution in [0.3, 0.4) is 0 Å². The molecule has 0 radical (unpaired) electrons. The third-order valence-corrected chi connectivity index (χ3v) is 3.85. The van der Waals surface area contributed by atoms with Crippen LogP contribution in [0, 0.1) is 5.92 Å². The standard InChI is InChI=1S/C15H30N2O3/c1-4-14(15(18)20-5-2)17-9-6-7-13(12-17)11-16-8-10-19-3/h13-14,16H,4-12H2,1-3H3. The number of piperidine rings is 1. The van der Waals surface area contributed by atoms with Crippen molar-refractivity contribution in [3.8, 4) is 0 Å². The third-order valence-electron chi connectivity index (χ3n) is 3.85. The molecule has 5 nitrogen and oxygen atoms in total. The lowest BCUT2D eigenvalue weighted by atomic mass is 9.96. The maximum Gasteiger partial charge on any atom is 0.323 e. The molecule has 1 aliphatic rings. The summed E-state index contributed by atoms with van der Waals surface area (Å²) in [6.45, 7) is 9.01. The van der Waals surface area contributed by atoms with Crippen molar-refractivity contribution in [1.29, 1.82) is 0 Å². The topological polar surface area (TPSA) is 50.8 Å². The van der Waals surface area contributed by atoms with E-state index in [-0.39, 0.29) is 12.0 Å². The summed E-state index contributed by atoms with van der Waals surface area (Å²) in [5.41, 5.74) is 0. The molecule has 0 aromatic rings. The number of rotatable bonds is 9. The summed E-state index contributed by atoms with van der Waals surface area (Å²) >= 11 is 0. The molecule has 1 heterocycles. The van der Waals surface area contributed by atoms with Crippen molar-refractivity contribution in [2.75, 3.05) is 46.5 Å². The minimum absolute atomic E-state index is 0.0667. The van der Waals surface area contributed by atoms with Gasteiger partial charge in [-0.05, 0) is 45.2 Å². The van der Waals surface area contributed by atoms with E-state index in [0.29, 0.717) is 12.5 Å². The Hall–Kier alpha value is -0.650. The lowest BCUT2D eigenvalue weighted by molar-refractivity contribution is -0.150. The quantitative estimate of drug-likeness (QED) is 0.511. The summed E-state index contributed by atoms with van der Waals surface area (Å²) < 4.78 is 10.2. The molecule has 0 amide bonds. The first-order valence-electron chi connectivity index (χ1n) is 7.83. The smallest absolute Gasteiger partial charge is 0.323 e. The highest BCUT2D eigenvalue weighted by Crippen LogP contribution is 2.20. The lowest BCUT2D eigenvalue weighted by Gasteiger charge is -2.36. The number of carbonyl (C=O) groups excluding carboxylic acids is 1. The van der Waals surface area contributed by atoms with Crippen LogP contribution >= 0.6 is 0 Å². The van der Waals surface area contributed by atoms with Gasteiger partial charge in [0.1, 0.15) is 6.04 Å². The third kappa shape index (κ3) is 5.77. The molecule has 2 unspecified atom stereocenters. The molecule has 1 rings (SSSR count). The summed E-state index contributed by atoms with van der Waals surface area (Å²) in [6.07, 6.45) is 3.21. The van der Waals surface area contributed by atoms with Crippen LogP contribution in [0.1, 0.15) is 33.1 Å². The molecule has 1 saturated heterocycles. The van der Waals surface area contributed by atoms with Crippen LogP contribution in [0.15, 0.2) is 0 Å². The van der Waals surface area contributed by atoms with Crippen LogP contribution in [0.5, 0.6) is 0 Å². The van der Waals surface area contributed by atoms with Gasteiger partial charge in [0, 0.05) is 20.2 Å². The Kier molecular flexibility index (Phi) is 8.82. The fourth-order valence-corrected chi connectivity index (χ4v) is 2.84. The number of carbonyl (C=O) groups is 1. The van der Waals surface area contributed by atoms with E-state index in [2.05, 4.69) is 17.1 Å². The van der Waals surface area contributed by atoms with Crippen LogP contribution in [0.4, 0.5) is 0 Å². The summed E-state index contributed by atoms with van der Waals surface area (Å²) in [5, 5.41) is 3.42. The zero-order chi connectivity index (χ0) is 14.8. The Morgan fingerprint density at radius 3 is 2.90 bits per heavy atom. The number of hydrogen-bond acceptors (Lipinski definition) is 5. The Labute approximate surface area is 123 Å². The van der Waals surface area contributed by atoms with E-state index < -0.39 is 0 Å². The number of ether oxygens (including phenoxy) is 2. The van der Waals surface area contributed by atoms with Gasteiger partial charge in [-0.3, -0.25) is 9.69 Å². The number of esters is 1. The Balaban J connectivity index is 2.39. The van der Waals surface area contributed by atoms with Crippen molar-refractivity contribution in [1.82, 2.24) is 10.2 Å². The second-order valence-electron chi connectivity index (χ2n) is 5.38. The minimum atomic E-state index is -0.0725. The molecule has 0 aliphatic carbocycles. The second kappa shape index (κ2) is 10.1. The molecule has 1 fully saturated rings.